The number of amides is 1. The molecule has 0 radical (unpaired) electrons. The molecule has 0 unspecified atom stereocenters. The minimum absolute atomic E-state index is 0.168. The largest absolute Gasteiger partial charge is 0.479 e. The van der Waals surface area contributed by atoms with Crippen molar-refractivity contribution in [2.24, 2.45) is 7.05 Å². The van der Waals surface area contributed by atoms with Crippen molar-refractivity contribution in [3.63, 3.8) is 0 Å². The lowest BCUT2D eigenvalue weighted by atomic mass is 10.3. The van der Waals surface area contributed by atoms with Crippen molar-refractivity contribution >= 4 is 35.0 Å². The van der Waals surface area contributed by atoms with Gasteiger partial charge < -0.3 is 14.8 Å². The van der Waals surface area contributed by atoms with E-state index in [0.29, 0.717) is 46.3 Å². The Morgan fingerprint density at radius 3 is 2.86 bits per heavy atom. The van der Waals surface area contributed by atoms with Crippen LogP contribution in [0.25, 0.3) is 11.4 Å². The molecule has 1 amide bonds. The van der Waals surface area contributed by atoms with Gasteiger partial charge in [-0.05, 0) is 18.2 Å². The lowest BCUT2D eigenvalue weighted by molar-refractivity contribution is -0.113. The van der Waals surface area contributed by atoms with Crippen molar-refractivity contribution < 1.29 is 14.3 Å². The zero-order chi connectivity index (χ0) is 20.8. The molecule has 1 N–H and O–H groups in total. The fourth-order valence-corrected chi connectivity index (χ4v) is 3.60. The summed E-state index contributed by atoms with van der Waals surface area (Å²) in [5.41, 5.74) is 1.36. The number of ether oxygens (including phenoxy) is 2. The molecule has 0 aliphatic carbocycles. The topological polar surface area (TPSA) is 96.1 Å². The molecule has 3 rings (SSSR count). The minimum atomic E-state index is -0.168. The second kappa shape index (κ2) is 9.77. The van der Waals surface area contributed by atoms with E-state index in [0.717, 1.165) is 0 Å². The molecule has 0 spiro atoms. The number of hydrogen-bond acceptors (Lipinski definition) is 7. The van der Waals surface area contributed by atoms with Crippen LogP contribution in [-0.4, -0.2) is 57.0 Å². The molecule has 0 aliphatic heterocycles. The van der Waals surface area contributed by atoms with Crippen molar-refractivity contribution in [1.29, 1.82) is 0 Å². The number of halogens is 1. The maximum absolute atomic E-state index is 12.3. The molecular weight excluding hydrogens is 416 g/mol. The summed E-state index contributed by atoms with van der Waals surface area (Å²) in [7, 11) is 4.98. The van der Waals surface area contributed by atoms with Gasteiger partial charge in [0.2, 0.25) is 11.8 Å². The predicted octanol–water partition coefficient (Wildman–Crippen LogP) is 2.72. The summed E-state index contributed by atoms with van der Waals surface area (Å²) >= 11 is 7.24. The second-order valence-electron chi connectivity index (χ2n) is 6.02. The van der Waals surface area contributed by atoms with E-state index < -0.39 is 0 Å². The number of benzene rings is 1. The van der Waals surface area contributed by atoms with Crippen LogP contribution in [0.1, 0.15) is 0 Å². The number of methoxy groups -OCH3 is 2. The molecule has 11 heteroatoms. The maximum atomic E-state index is 12.3. The molecule has 9 nitrogen and oxygen atoms in total. The number of carbonyl (C=O) groups is 1. The van der Waals surface area contributed by atoms with Crippen molar-refractivity contribution in [2.45, 2.75) is 11.7 Å². The van der Waals surface area contributed by atoms with E-state index in [-0.39, 0.29) is 11.7 Å². The number of anilines is 1. The van der Waals surface area contributed by atoms with Crippen LogP contribution < -0.4 is 10.1 Å². The Kier molecular flexibility index (Phi) is 7.13. The number of nitrogens with one attached hydrogen (secondary N) is 1. The summed E-state index contributed by atoms with van der Waals surface area (Å²) < 4.78 is 14.1. The standard InChI is InChI=1S/C18H21ClN6O3S/c1-24-10-14(17(23-24)28-3)16-21-22-18(25(16)7-8-27-2)29-11-15(26)20-13-6-4-5-12(19)9-13/h4-6,9-10H,7-8,11H2,1-3H3,(H,20,26). The summed E-state index contributed by atoms with van der Waals surface area (Å²) in [4.78, 5) is 12.3. The zero-order valence-electron chi connectivity index (χ0n) is 16.3. The van der Waals surface area contributed by atoms with E-state index in [2.05, 4.69) is 20.6 Å². The number of thioether (sulfide) groups is 1. The summed E-state index contributed by atoms with van der Waals surface area (Å²) in [6.07, 6.45) is 1.81. The normalized spacial score (nSPS) is 10.9. The quantitative estimate of drug-likeness (QED) is 0.515. The fourth-order valence-electron chi connectivity index (χ4n) is 2.64. The van der Waals surface area contributed by atoms with Gasteiger partial charge in [0.25, 0.3) is 0 Å². The number of aryl methyl sites for hydroxylation is 1. The van der Waals surface area contributed by atoms with Crippen LogP contribution in [0.5, 0.6) is 5.88 Å². The summed E-state index contributed by atoms with van der Waals surface area (Å²) in [5, 5.41) is 16.8. The van der Waals surface area contributed by atoms with Crippen molar-refractivity contribution in [2.75, 3.05) is 31.9 Å². The number of rotatable bonds is 9. The lowest BCUT2D eigenvalue weighted by Gasteiger charge is -2.09. The van der Waals surface area contributed by atoms with Gasteiger partial charge in [0.15, 0.2) is 11.0 Å². The molecule has 29 heavy (non-hydrogen) atoms. The first-order chi connectivity index (χ1) is 14.0. The van der Waals surface area contributed by atoms with Gasteiger partial charge in [-0.25, -0.2) is 0 Å². The Morgan fingerprint density at radius 1 is 1.31 bits per heavy atom. The van der Waals surface area contributed by atoms with E-state index in [4.69, 9.17) is 21.1 Å². The van der Waals surface area contributed by atoms with E-state index >= 15 is 0 Å². The van der Waals surface area contributed by atoms with Crippen LogP contribution in [0.2, 0.25) is 5.02 Å². The van der Waals surface area contributed by atoms with Crippen molar-refractivity contribution in [1.82, 2.24) is 24.5 Å². The molecule has 0 saturated carbocycles. The Hall–Kier alpha value is -2.56. The van der Waals surface area contributed by atoms with E-state index in [1.54, 1.807) is 50.2 Å². The van der Waals surface area contributed by atoms with Crippen molar-refractivity contribution in [3.8, 4) is 17.3 Å². The third-order valence-electron chi connectivity index (χ3n) is 3.91. The van der Waals surface area contributed by atoms with E-state index in [9.17, 15) is 4.79 Å². The molecule has 0 atom stereocenters. The third-order valence-corrected chi connectivity index (χ3v) is 5.11. The summed E-state index contributed by atoms with van der Waals surface area (Å²) in [5.74, 6) is 1.06. The first-order valence-electron chi connectivity index (χ1n) is 8.70. The average molecular weight is 437 g/mol. The van der Waals surface area contributed by atoms with E-state index in [1.807, 2.05) is 10.8 Å². The van der Waals surface area contributed by atoms with Crippen LogP contribution in [-0.2, 0) is 23.1 Å². The first kappa shape index (κ1) is 21.2. The van der Waals surface area contributed by atoms with Crippen LogP contribution >= 0.6 is 23.4 Å². The maximum Gasteiger partial charge on any atom is 0.243 e. The van der Waals surface area contributed by atoms with Gasteiger partial charge in [-0.15, -0.1) is 15.3 Å². The number of hydrogen-bond donors (Lipinski definition) is 1. The highest BCUT2D eigenvalue weighted by molar-refractivity contribution is 7.99. The molecular formula is C18H21ClN6O3S. The van der Waals surface area contributed by atoms with Gasteiger partial charge in [-0.1, -0.05) is 29.4 Å². The number of nitrogens with zero attached hydrogens (tertiary/aromatic N) is 5. The zero-order valence-corrected chi connectivity index (χ0v) is 17.8. The Morgan fingerprint density at radius 2 is 2.14 bits per heavy atom. The Labute approximate surface area is 177 Å². The molecule has 3 aromatic rings. The number of aromatic nitrogens is 5. The van der Waals surface area contributed by atoms with Gasteiger partial charge >= 0.3 is 0 Å². The van der Waals surface area contributed by atoms with Gasteiger partial charge in [-0.2, -0.15) is 0 Å². The summed E-state index contributed by atoms with van der Waals surface area (Å²) in [6, 6.07) is 7.00. The monoisotopic (exact) mass is 436 g/mol. The van der Waals surface area contributed by atoms with Gasteiger partial charge in [-0.3, -0.25) is 14.0 Å². The molecule has 2 heterocycles. The Bertz CT molecular complexity index is 990. The fraction of sp³-hybridized carbons (Fsp3) is 0.333. The molecule has 0 bridgehead atoms. The Balaban J connectivity index is 1.76. The summed E-state index contributed by atoms with van der Waals surface area (Å²) in [6.45, 7) is 0.991. The SMILES string of the molecule is COCCn1c(SCC(=O)Nc2cccc(Cl)c2)nnc1-c1cn(C)nc1OC. The highest BCUT2D eigenvalue weighted by Gasteiger charge is 2.20. The van der Waals surface area contributed by atoms with Crippen LogP contribution in [0.4, 0.5) is 5.69 Å². The number of carbonyl (C=O) groups excluding carboxylic acids is 1. The minimum Gasteiger partial charge on any atom is -0.479 e. The van der Waals surface area contributed by atoms with Crippen molar-refractivity contribution in [3.05, 3.63) is 35.5 Å². The molecule has 154 valence electrons. The molecule has 2 aromatic heterocycles. The first-order valence-corrected chi connectivity index (χ1v) is 10.1. The predicted molar refractivity (Wildman–Crippen MR) is 111 cm³/mol. The molecule has 1 aromatic carbocycles. The highest BCUT2D eigenvalue weighted by Crippen LogP contribution is 2.30. The van der Waals surface area contributed by atoms with Crippen LogP contribution in [0, 0.1) is 0 Å². The van der Waals surface area contributed by atoms with Gasteiger partial charge in [0.05, 0.1) is 26.0 Å². The lowest BCUT2D eigenvalue weighted by Crippen LogP contribution is -2.15. The molecule has 0 aliphatic rings. The molecule has 0 saturated heterocycles. The molecule has 0 fully saturated rings. The smallest absolute Gasteiger partial charge is 0.243 e. The van der Waals surface area contributed by atoms with Crippen LogP contribution in [0.3, 0.4) is 0 Å². The van der Waals surface area contributed by atoms with Gasteiger partial charge in [0, 0.05) is 31.1 Å². The van der Waals surface area contributed by atoms with Crippen LogP contribution in [0.15, 0.2) is 35.6 Å². The van der Waals surface area contributed by atoms with Gasteiger partial charge in [0.1, 0.15) is 5.56 Å². The second-order valence-corrected chi connectivity index (χ2v) is 7.40. The highest BCUT2D eigenvalue weighted by atomic mass is 35.5. The average Bonchev–Trinajstić information content (AvgIpc) is 3.27. The van der Waals surface area contributed by atoms with E-state index in [1.165, 1.54) is 11.8 Å². The third kappa shape index (κ3) is 5.28.